The Morgan fingerprint density at radius 1 is 1.50 bits per heavy atom. The topological polar surface area (TPSA) is 26.0 Å². The van der Waals surface area contributed by atoms with Crippen LogP contribution in [0.1, 0.15) is 5.56 Å². The number of aryl methyl sites for hydroxylation is 1. The van der Waals surface area contributed by atoms with Crippen molar-refractivity contribution in [2.75, 3.05) is 0 Å². The summed E-state index contributed by atoms with van der Waals surface area (Å²) >= 11 is 0. The maximum atomic E-state index is 5.18. The third-order valence-electron chi connectivity index (χ3n) is 1.77. The second kappa shape index (κ2) is 2.81. The van der Waals surface area contributed by atoms with Crippen molar-refractivity contribution in [2.45, 2.75) is 6.92 Å². The maximum Gasteiger partial charge on any atom is 0.181 e. The molecule has 1 aromatic carbocycles. The zero-order valence-electron chi connectivity index (χ0n) is 6.74. The van der Waals surface area contributed by atoms with Crippen molar-refractivity contribution in [3.05, 3.63) is 42.4 Å². The minimum Gasteiger partial charge on any atom is -0.444 e. The molecule has 2 heteroatoms. The fourth-order valence-corrected chi connectivity index (χ4v) is 1.14. The van der Waals surface area contributed by atoms with Crippen LogP contribution < -0.4 is 0 Å². The van der Waals surface area contributed by atoms with Crippen LogP contribution in [0.5, 0.6) is 0 Å². The van der Waals surface area contributed by atoms with E-state index in [1.165, 1.54) is 6.39 Å². The Hall–Kier alpha value is -1.57. The predicted octanol–water partition coefficient (Wildman–Crippen LogP) is 2.45. The highest BCUT2D eigenvalue weighted by molar-refractivity contribution is 5.60. The minimum atomic E-state index is 0.807. The molecule has 0 N–H and O–H groups in total. The van der Waals surface area contributed by atoms with Crippen molar-refractivity contribution < 1.29 is 4.42 Å². The van der Waals surface area contributed by atoms with Gasteiger partial charge < -0.3 is 4.42 Å². The normalized spacial score (nSPS) is 10.1. The summed E-state index contributed by atoms with van der Waals surface area (Å²) in [4.78, 5) is 3.86. The van der Waals surface area contributed by atoms with Gasteiger partial charge in [0.05, 0.1) is 6.20 Å². The third-order valence-corrected chi connectivity index (χ3v) is 1.77. The van der Waals surface area contributed by atoms with Crippen molar-refractivity contribution in [1.29, 1.82) is 0 Å². The zero-order valence-corrected chi connectivity index (χ0v) is 6.74. The van der Waals surface area contributed by atoms with Crippen LogP contribution in [0, 0.1) is 13.0 Å². The van der Waals surface area contributed by atoms with Crippen LogP contribution in [-0.2, 0) is 0 Å². The Labute approximate surface area is 70.9 Å². The Morgan fingerprint density at radius 2 is 2.42 bits per heavy atom. The summed E-state index contributed by atoms with van der Waals surface area (Å²) in [5, 5.41) is 0. The van der Waals surface area contributed by atoms with E-state index in [1.807, 2.05) is 25.1 Å². The van der Waals surface area contributed by atoms with Gasteiger partial charge >= 0.3 is 0 Å². The summed E-state index contributed by atoms with van der Waals surface area (Å²) in [6.07, 6.45) is 3.15. The van der Waals surface area contributed by atoms with Gasteiger partial charge in [0.2, 0.25) is 0 Å². The van der Waals surface area contributed by atoms with Gasteiger partial charge in [0.15, 0.2) is 12.2 Å². The molecule has 1 radical (unpaired) electrons. The van der Waals surface area contributed by atoms with E-state index < -0.39 is 0 Å². The van der Waals surface area contributed by atoms with Gasteiger partial charge in [-0.3, -0.25) is 0 Å². The number of oxazole rings is 1. The molecule has 59 valence electrons. The SMILES string of the molecule is Cc1c[c]ccc1-c1cnco1. The van der Waals surface area contributed by atoms with Crippen LogP contribution in [0.15, 0.2) is 35.2 Å². The van der Waals surface area contributed by atoms with Gasteiger partial charge in [0.25, 0.3) is 0 Å². The predicted molar refractivity (Wildman–Crippen MR) is 45.5 cm³/mol. The molecule has 0 aliphatic heterocycles. The number of benzene rings is 1. The van der Waals surface area contributed by atoms with Crippen molar-refractivity contribution in [3.8, 4) is 11.3 Å². The summed E-state index contributed by atoms with van der Waals surface area (Å²) in [6, 6.07) is 8.76. The number of hydrogen-bond acceptors (Lipinski definition) is 2. The summed E-state index contributed by atoms with van der Waals surface area (Å²) < 4.78 is 5.18. The molecule has 0 fully saturated rings. The summed E-state index contributed by atoms with van der Waals surface area (Å²) in [5.41, 5.74) is 2.22. The van der Waals surface area contributed by atoms with E-state index in [-0.39, 0.29) is 0 Å². The van der Waals surface area contributed by atoms with Gasteiger partial charge in [-0.2, -0.15) is 0 Å². The standard InChI is InChI=1S/C10H8NO/c1-8-4-2-3-5-9(8)10-6-11-7-12-10/h3-7H,1H3. The number of aromatic nitrogens is 1. The molecule has 0 bridgehead atoms. The molecule has 1 heterocycles. The molecule has 0 spiro atoms. The largest absolute Gasteiger partial charge is 0.444 e. The first-order valence-corrected chi connectivity index (χ1v) is 3.73. The van der Waals surface area contributed by atoms with Gasteiger partial charge in [-0.25, -0.2) is 4.98 Å². The van der Waals surface area contributed by atoms with Crippen molar-refractivity contribution in [2.24, 2.45) is 0 Å². The Balaban J connectivity index is 2.55. The van der Waals surface area contributed by atoms with Crippen molar-refractivity contribution in [1.82, 2.24) is 4.98 Å². The highest BCUT2D eigenvalue weighted by Gasteiger charge is 2.02. The molecule has 0 saturated carbocycles. The molecule has 0 unspecified atom stereocenters. The van der Waals surface area contributed by atoms with E-state index in [2.05, 4.69) is 11.1 Å². The lowest BCUT2D eigenvalue weighted by Crippen LogP contribution is -1.78. The fourth-order valence-electron chi connectivity index (χ4n) is 1.14. The molecule has 0 aliphatic rings. The van der Waals surface area contributed by atoms with Crippen LogP contribution in [0.2, 0.25) is 0 Å². The highest BCUT2D eigenvalue weighted by atomic mass is 16.3. The van der Waals surface area contributed by atoms with Crippen molar-refractivity contribution >= 4 is 0 Å². The second-order valence-electron chi connectivity index (χ2n) is 2.61. The molecule has 0 aliphatic carbocycles. The minimum absolute atomic E-state index is 0.807. The molecule has 1 aromatic heterocycles. The number of rotatable bonds is 1. The van der Waals surface area contributed by atoms with Crippen LogP contribution >= 0.6 is 0 Å². The average molecular weight is 158 g/mol. The van der Waals surface area contributed by atoms with Gasteiger partial charge in [0.1, 0.15) is 0 Å². The van der Waals surface area contributed by atoms with Crippen molar-refractivity contribution in [3.63, 3.8) is 0 Å². The smallest absolute Gasteiger partial charge is 0.181 e. The highest BCUT2D eigenvalue weighted by Crippen LogP contribution is 2.21. The lowest BCUT2D eigenvalue weighted by atomic mass is 10.1. The first kappa shape index (κ1) is 7.10. The maximum absolute atomic E-state index is 5.18. The van der Waals surface area contributed by atoms with E-state index in [1.54, 1.807) is 6.20 Å². The molecule has 2 rings (SSSR count). The summed E-state index contributed by atoms with van der Waals surface area (Å²) in [7, 11) is 0. The molecule has 0 amide bonds. The van der Waals surface area contributed by atoms with Gasteiger partial charge in [-0.05, 0) is 18.6 Å². The Kier molecular flexibility index (Phi) is 1.67. The van der Waals surface area contributed by atoms with Crippen LogP contribution in [0.3, 0.4) is 0 Å². The lowest BCUT2D eigenvalue weighted by molar-refractivity contribution is 0.571. The molecule has 0 saturated heterocycles. The number of nitrogens with zero attached hydrogens (tertiary/aromatic N) is 1. The third kappa shape index (κ3) is 1.11. The Bertz CT molecular complexity index is 365. The average Bonchev–Trinajstić information content (AvgIpc) is 2.57. The van der Waals surface area contributed by atoms with E-state index >= 15 is 0 Å². The monoisotopic (exact) mass is 158 g/mol. The van der Waals surface area contributed by atoms with E-state index in [4.69, 9.17) is 4.42 Å². The van der Waals surface area contributed by atoms with E-state index in [0.29, 0.717) is 0 Å². The molecule has 12 heavy (non-hydrogen) atoms. The zero-order chi connectivity index (χ0) is 8.39. The van der Waals surface area contributed by atoms with Gasteiger partial charge in [-0.1, -0.05) is 18.2 Å². The summed E-state index contributed by atoms with van der Waals surface area (Å²) in [5.74, 6) is 0.807. The summed E-state index contributed by atoms with van der Waals surface area (Å²) in [6.45, 7) is 2.02. The lowest BCUT2D eigenvalue weighted by Gasteiger charge is -1.98. The molecule has 2 nitrogen and oxygen atoms in total. The van der Waals surface area contributed by atoms with E-state index in [0.717, 1.165) is 16.9 Å². The number of hydrogen-bond donors (Lipinski definition) is 0. The quantitative estimate of drug-likeness (QED) is 0.637. The van der Waals surface area contributed by atoms with Crippen LogP contribution in [0.25, 0.3) is 11.3 Å². The first-order valence-electron chi connectivity index (χ1n) is 3.73. The molecule has 0 atom stereocenters. The van der Waals surface area contributed by atoms with Crippen LogP contribution in [0.4, 0.5) is 0 Å². The fraction of sp³-hybridized carbons (Fsp3) is 0.100. The second-order valence-corrected chi connectivity index (χ2v) is 2.61. The van der Waals surface area contributed by atoms with Crippen LogP contribution in [-0.4, -0.2) is 4.98 Å². The molecular formula is C10H8NO. The molecular weight excluding hydrogens is 150 g/mol. The molecule has 2 aromatic rings. The Morgan fingerprint density at radius 3 is 3.08 bits per heavy atom. The van der Waals surface area contributed by atoms with E-state index in [9.17, 15) is 0 Å². The van der Waals surface area contributed by atoms with Gasteiger partial charge in [-0.15, -0.1) is 0 Å². The van der Waals surface area contributed by atoms with Gasteiger partial charge in [0, 0.05) is 5.56 Å². The first-order chi connectivity index (χ1) is 5.88.